The van der Waals surface area contributed by atoms with Crippen LogP contribution in [0, 0.1) is 5.21 Å². The predicted octanol–water partition coefficient (Wildman–Crippen LogP) is 5.00. The van der Waals surface area contributed by atoms with Gasteiger partial charge in [0.2, 0.25) is 11.0 Å². The monoisotopic (exact) mass is 387 g/mol. The highest BCUT2D eigenvalue weighted by atomic mass is 35.5. The molecular formula is C21H26ClN3O2. The molecule has 27 heavy (non-hydrogen) atoms. The summed E-state index contributed by atoms with van der Waals surface area (Å²) in [5, 5.41) is 28.8. The molecule has 6 heteroatoms. The average Bonchev–Trinajstić information content (AvgIpc) is 2.90. The van der Waals surface area contributed by atoms with E-state index in [0.717, 1.165) is 17.5 Å². The fourth-order valence-corrected chi connectivity index (χ4v) is 3.21. The molecule has 1 heterocycles. The Bertz CT molecular complexity index is 1020. The summed E-state index contributed by atoms with van der Waals surface area (Å²) in [6.45, 7) is 12.6. The summed E-state index contributed by atoms with van der Waals surface area (Å²) < 4.78 is 0. The van der Waals surface area contributed by atoms with Crippen molar-refractivity contribution >= 4 is 22.6 Å². The molecule has 0 unspecified atom stereocenters. The van der Waals surface area contributed by atoms with Gasteiger partial charge in [0.25, 0.3) is 0 Å². The molecule has 0 spiro atoms. The van der Waals surface area contributed by atoms with Crippen LogP contribution in [0.5, 0.6) is 5.75 Å². The number of phenols is 1. The molecule has 2 aromatic carbocycles. The van der Waals surface area contributed by atoms with E-state index in [-0.39, 0.29) is 16.6 Å². The number of aromatic nitrogens is 3. The predicted molar refractivity (Wildman–Crippen MR) is 109 cm³/mol. The third-order valence-corrected chi connectivity index (χ3v) is 5.54. The Morgan fingerprint density at radius 2 is 1.81 bits per heavy atom. The van der Waals surface area contributed by atoms with E-state index in [1.165, 1.54) is 4.80 Å². The minimum atomic E-state index is -0.246. The van der Waals surface area contributed by atoms with Gasteiger partial charge in [-0.05, 0) is 45.8 Å². The maximum Gasteiger partial charge on any atom is 0.250 e. The van der Waals surface area contributed by atoms with E-state index in [4.69, 9.17) is 11.6 Å². The summed E-state index contributed by atoms with van der Waals surface area (Å²) in [6.07, 6.45) is 0.849. The Morgan fingerprint density at radius 1 is 1.15 bits per heavy atom. The number of hydrogen-bond donors (Lipinski definition) is 1. The van der Waals surface area contributed by atoms with Crippen molar-refractivity contribution in [1.82, 2.24) is 9.90 Å². The van der Waals surface area contributed by atoms with Crippen molar-refractivity contribution in [2.75, 3.05) is 0 Å². The highest BCUT2D eigenvalue weighted by Crippen LogP contribution is 2.40. The third kappa shape index (κ3) is 3.36. The molecule has 3 aromatic rings. The smallest absolute Gasteiger partial charge is 0.250 e. The standard InChI is InChI=1S/C21H26ClN3O2/c1-7-21(5,6)15-10-13(20(2,3)4)11-18(19(15)26)24-23-16-9-8-14(22)12-17(16)25(24)27/h8-12,26H,7H2,1-6H3. The van der Waals surface area contributed by atoms with Crippen LogP contribution in [-0.2, 0) is 10.8 Å². The van der Waals surface area contributed by atoms with Gasteiger partial charge in [-0.15, -0.1) is 4.85 Å². The molecule has 0 saturated carbocycles. The van der Waals surface area contributed by atoms with Crippen molar-refractivity contribution in [1.29, 1.82) is 0 Å². The SMILES string of the molecule is CCC(C)(C)c1cc(C(C)(C)C)cc(-n2nc3ccc(Cl)cc3[n+]2[O-])c1O. The van der Waals surface area contributed by atoms with Crippen LogP contribution in [-0.4, -0.2) is 15.0 Å². The molecule has 0 fully saturated rings. The molecule has 0 aliphatic heterocycles. The summed E-state index contributed by atoms with van der Waals surface area (Å²) in [7, 11) is 0. The van der Waals surface area contributed by atoms with Gasteiger partial charge in [0.1, 0.15) is 0 Å². The molecule has 0 radical (unpaired) electrons. The number of phenolic OH excluding ortho intramolecular Hbond substituents is 1. The number of fused-ring (bicyclic) bond motifs is 1. The molecular weight excluding hydrogens is 362 g/mol. The highest BCUT2D eigenvalue weighted by molar-refractivity contribution is 6.31. The van der Waals surface area contributed by atoms with E-state index in [1.54, 1.807) is 18.2 Å². The van der Waals surface area contributed by atoms with Crippen LogP contribution in [0.3, 0.4) is 0 Å². The molecule has 1 aromatic heterocycles. The Balaban J connectivity index is 2.36. The maximum atomic E-state index is 12.9. The van der Waals surface area contributed by atoms with Crippen molar-refractivity contribution in [3.8, 4) is 11.4 Å². The summed E-state index contributed by atoms with van der Waals surface area (Å²) in [6, 6.07) is 8.85. The van der Waals surface area contributed by atoms with Crippen molar-refractivity contribution in [3.63, 3.8) is 0 Å². The van der Waals surface area contributed by atoms with Gasteiger partial charge >= 0.3 is 0 Å². The van der Waals surface area contributed by atoms with Gasteiger partial charge in [0.15, 0.2) is 11.4 Å². The lowest BCUT2D eigenvalue weighted by atomic mass is 9.77. The van der Waals surface area contributed by atoms with Crippen LogP contribution >= 0.6 is 11.6 Å². The molecule has 0 saturated heterocycles. The zero-order chi connectivity index (χ0) is 20.1. The van der Waals surface area contributed by atoms with Gasteiger partial charge in [-0.3, -0.25) is 0 Å². The van der Waals surface area contributed by atoms with Crippen LogP contribution in [0.25, 0.3) is 16.7 Å². The first-order chi connectivity index (χ1) is 12.5. The lowest BCUT2D eigenvalue weighted by Gasteiger charge is -2.28. The van der Waals surface area contributed by atoms with E-state index in [0.29, 0.717) is 26.6 Å². The Kier molecular flexibility index (Phi) is 4.63. The lowest BCUT2D eigenvalue weighted by Crippen LogP contribution is -2.37. The Morgan fingerprint density at radius 3 is 2.41 bits per heavy atom. The molecule has 0 bridgehead atoms. The summed E-state index contributed by atoms with van der Waals surface area (Å²) in [5.41, 5.74) is 2.70. The van der Waals surface area contributed by atoms with E-state index in [2.05, 4.69) is 46.6 Å². The fraction of sp³-hybridized carbons (Fsp3) is 0.429. The van der Waals surface area contributed by atoms with Crippen molar-refractivity contribution in [2.24, 2.45) is 0 Å². The number of benzene rings is 2. The van der Waals surface area contributed by atoms with Crippen molar-refractivity contribution < 1.29 is 9.95 Å². The highest BCUT2D eigenvalue weighted by Gasteiger charge is 2.30. The quantitative estimate of drug-likeness (QED) is 0.507. The minimum absolute atomic E-state index is 0.0818. The molecule has 0 atom stereocenters. The largest absolute Gasteiger partial charge is 0.692 e. The van der Waals surface area contributed by atoms with E-state index in [9.17, 15) is 10.3 Å². The first kappa shape index (κ1) is 19.5. The second-order valence-corrected chi connectivity index (χ2v) is 9.11. The van der Waals surface area contributed by atoms with E-state index in [1.807, 2.05) is 12.1 Å². The van der Waals surface area contributed by atoms with Gasteiger partial charge in [0.05, 0.1) is 5.10 Å². The van der Waals surface area contributed by atoms with E-state index >= 15 is 0 Å². The van der Waals surface area contributed by atoms with Gasteiger partial charge in [-0.1, -0.05) is 59.2 Å². The van der Waals surface area contributed by atoms with Gasteiger partial charge in [-0.25, -0.2) is 0 Å². The third-order valence-electron chi connectivity index (χ3n) is 5.30. The minimum Gasteiger partial charge on any atom is -0.692 e. The van der Waals surface area contributed by atoms with Gasteiger partial charge in [0, 0.05) is 16.7 Å². The van der Waals surface area contributed by atoms with Crippen molar-refractivity contribution in [3.05, 3.63) is 51.7 Å². The topological polar surface area (TPSA) is 65.0 Å². The second-order valence-electron chi connectivity index (χ2n) is 8.67. The molecule has 0 aliphatic rings. The first-order valence-electron chi connectivity index (χ1n) is 9.12. The van der Waals surface area contributed by atoms with E-state index < -0.39 is 0 Å². The molecule has 0 aliphatic carbocycles. The van der Waals surface area contributed by atoms with Crippen molar-refractivity contribution in [2.45, 2.75) is 58.8 Å². The summed E-state index contributed by atoms with van der Waals surface area (Å²) in [4.78, 5) is 1.88. The van der Waals surface area contributed by atoms with Crippen LogP contribution in [0.4, 0.5) is 0 Å². The summed E-state index contributed by atoms with van der Waals surface area (Å²) in [5.74, 6) is 0.0818. The fourth-order valence-electron chi connectivity index (χ4n) is 3.04. The second kappa shape index (κ2) is 6.41. The maximum absolute atomic E-state index is 12.9. The molecule has 5 nitrogen and oxygen atoms in total. The van der Waals surface area contributed by atoms with Crippen LogP contribution < -0.4 is 4.85 Å². The van der Waals surface area contributed by atoms with Crippen LogP contribution in [0.2, 0.25) is 5.02 Å². The molecule has 0 amide bonds. The zero-order valence-corrected chi connectivity index (χ0v) is 17.4. The number of halogens is 1. The molecule has 1 N–H and O–H groups in total. The molecule has 144 valence electrons. The number of hydrogen-bond acceptors (Lipinski definition) is 3. The van der Waals surface area contributed by atoms with Gasteiger partial charge in [-0.2, -0.15) is 0 Å². The first-order valence-corrected chi connectivity index (χ1v) is 9.50. The van der Waals surface area contributed by atoms with Gasteiger partial charge < -0.3 is 10.3 Å². The Hall–Kier alpha value is -2.27. The molecule has 3 rings (SSSR count). The zero-order valence-electron chi connectivity index (χ0n) is 16.7. The summed E-state index contributed by atoms with van der Waals surface area (Å²) >= 11 is 6.03. The van der Waals surface area contributed by atoms with Crippen LogP contribution in [0.1, 0.15) is 59.1 Å². The normalized spacial score (nSPS) is 12.7. The number of rotatable bonds is 3. The number of nitrogens with zero attached hydrogens (tertiary/aromatic N) is 3. The number of aromatic hydroxyl groups is 1. The Labute approximate surface area is 164 Å². The lowest BCUT2D eigenvalue weighted by molar-refractivity contribution is -0.664. The van der Waals surface area contributed by atoms with Crippen LogP contribution in [0.15, 0.2) is 30.3 Å². The average molecular weight is 388 g/mol.